The molecule has 0 aliphatic carbocycles. The van der Waals surface area contributed by atoms with Crippen molar-refractivity contribution in [2.45, 2.75) is 45.6 Å². The van der Waals surface area contributed by atoms with E-state index in [1.165, 1.54) is 31.9 Å². The lowest BCUT2D eigenvalue weighted by atomic mass is 10.2. The number of nitrogens with one attached hydrogen (secondary N) is 1. The van der Waals surface area contributed by atoms with Crippen LogP contribution in [0.4, 0.5) is 0 Å². The Morgan fingerprint density at radius 1 is 1.29 bits per heavy atom. The monoisotopic (exact) mass is 335 g/mol. The molecule has 1 aromatic heterocycles. The molecule has 1 N–H and O–H groups in total. The quantitative estimate of drug-likeness (QED) is 0.829. The summed E-state index contributed by atoms with van der Waals surface area (Å²) in [5, 5.41) is 2.71. The Hall–Kier alpha value is -1.82. The largest absolute Gasteiger partial charge is 0.459 e. The highest BCUT2D eigenvalue weighted by Gasteiger charge is 2.23. The zero-order valence-electron chi connectivity index (χ0n) is 14.8. The van der Waals surface area contributed by atoms with Crippen molar-refractivity contribution in [2.75, 3.05) is 32.7 Å². The van der Waals surface area contributed by atoms with Gasteiger partial charge in [0, 0.05) is 19.6 Å². The van der Waals surface area contributed by atoms with Gasteiger partial charge in [-0.1, -0.05) is 12.8 Å². The first-order chi connectivity index (χ1) is 11.6. The molecule has 2 amide bonds. The van der Waals surface area contributed by atoms with Gasteiger partial charge >= 0.3 is 0 Å². The van der Waals surface area contributed by atoms with Crippen LogP contribution < -0.4 is 5.32 Å². The van der Waals surface area contributed by atoms with Crippen molar-refractivity contribution < 1.29 is 14.0 Å². The number of carbonyl (C=O) groups is 2. The number of likely N-dealkylation sites (tertiary alicyclic amines) is 1. The molecule has 1 aliphatic rings. The summed E-state index contributed by atoms with van der Waals surface area (Å²) >= 11 is 0. The Bertz CT molecular complexity index is 508. The average molecular weight is 335 g/mol. The van der Waals surface area contributed by atoms with Crippen LogP contribution in [0.1, 0.15) is 50.1 Å². The Labute approximate surface area is 144 Å². The number of rotatable bonds is 7. The van der Waals surface area contributed by atoms with Crippen LogP contribution in [0.2, 0.25) is 0 Å². The predicted molar refractivity (Wildman–Crippen MR) is 92.8 cm³/mol. The first-order valence-electron chi connectivity index (χ1n) is 8.97. The third kappa shape index (κ3) is 5.37. The topological polar surface area (TPSA) is 65.8 Å². The summed E-state index contributed by atoms with van der Waals surface area (Å²) in [6, 6.07) is 2.68. The van der Waals surface area contributed by atoms with E-state index in [9.17, 15) is 9.59 Å². The molecule has 2 heterocycles. The molecule has 134 valence electrons. The summed E-state index contributed by atoms with van der Waals surface area (Å²) in [6.07, 6.45) is 6.55. The molecule has 0 bridgehead atoms. The van der Waals surface area contributed by atoms with Crippen molar-refractivity contribution in [1.29, 1.82) is 0 Å². The first kappa shape index (κ1) is 18.5. The van der Waals surface area contributed by atoms with E-state index < -0.39 is 6.04 Å². The molecular weight excluding hydrogens is 306 g/mol. The Kier molecular flexibility index (Phi) is 7.31. The maximum Gasteiger partial charge on any atom is 0.287 e. The minimum absolute atomic E-state index is 0.0489. The Morgan fingerprint density at radius 3 is 2.58 bits per heavy atom. The summed E-state index contributed by atoms with van der Waals surface area (Å²) in [7, 11) is 0. The molecule has 1 aromatic rings. The van der Waals surface area contributed by atoms with Crippen molar-refractivity contribution >= 4 is 11.8 Å². The Balaban J connectivity index is 1.81. The number of hydrogen-bond donors (Lipinski definition) is 1. The minimum Gasteiger partial charge on any atom is -0.459 e. The fraction of sp³-hybridized carbons (Fsp3) is 0.667. The second-order valence-corrected chi connectivity index (χ2v) is 6.35. The van der Waals surface area contributed by atoms with E-state index in [1.54, 1.807) is 19.1 Å². The van der Waals surface area contributed by atoms with E-state index in [-0.39, 0.29) is 17.6 Å². The maximum absolute atomic E-state index is 12.6. The highest BCUT2D eigenvalue weighted by atomic mass is 16.3. The fourth-order valence-electron chi connectivity index (χ4n) is 3.06. The van der Waals surface area contributed by atoms with Crippen LogP contribution in [0.25, 0.3) is 0 Å². The van der Waals surface area contributed by atoms with Crippen LogP contribution >= 0.6 is 0 Å². The van der Waals surface area contributed by atoms with Crippen molar-refractivity contribution in [3.05, 3.63) is 24.2 Å². The molecule has 6 heteroatoms. The van der Waals surface area contributed by atoms with Gasteiger partial charge in [-0.3, -0.25) is 9.59 Å². The van der Waals surface area contributed by atoms with Gasteiger partial charge in [0.15, 0.2) is 5.76 Å². The summed E-state index contributed by atoms with van der Waals surface area (Å²) in [6.45, 7) is 8.19. The van der Waals surface area contributed by atoms with Crippen molar-refractivity contribution in [2.24, 2.45) is 0 Å². The van der Waals surface area contributed by atoms with Gasteiger partial charge in [0.2, 0.25) is 5.91 Å². The summed E-state index contributed by atoms with van der Waals surface area (Å²) < 4.78 is 5.06. The van der Waals surface area contributed by atoms with Gasteiger partial charge < -0.3 is 19.5 Å². The van der Waals surface area contributed by atoms with Gasteiger partial charge in [-0.25, -0.2) is 0 Å². The van der Waals surface area contributed by atoms with Crippen LogP contribution in [-0.4, -0.2) is 60.4 Å². The summed E-state index contributed by atoms with van der Waals surface area (Å²) in [4.78, 5) is 28.8. The predicted octanol–water partition coefficient (Wildman–Crippen LogP) is 2.12. The molecule has 0 spiro atoms. The van der Waals surface area contributed by atoms with Crippen LogP contribution in [-0.2, 0) is 4.79 Å². The lowest BCUT2D eigenvalue weighted by molar-refractivity contribution is -0.132. The van der Waals surface area contributed by atoms with Crippen molar-refractivity contribution in [1.82, 2.24) is 15.1 Å². The van der Waals surface area contributed by atoms with Crippen LogP contribution in [0.3, 0.4) is 0 Å². The number of hydrogen-bond acceptors (Lipinski definition) is 4. The van der Waals surface area contributed by atoms with Crippen LogP contribution in [0.15, 0.2) is 22.8 Å². The third-order valence-electron chi connectivity index (χ3n) is 4.54. The fourth-order valence-corrected chi connectivity index (χ4v) is 3.06. The van der Waals surface area contributed by atoms with Gasteiger partial charge in [-0.05, 0) is 51.9 Å². The molecule has 1 atom stereocenters. The third-order valence-corrected chi connectivity index (χ3v) is 4.54. The van der Waals surface area contributed by atoms with E-state index >= 15 is 0 Å². The van der Waals surface area contributed by atoms with Gasteiger partial charge in [-0.2, -0.15) is 0 Å². The zero-order valence-corrected chi connectivity index (χ0v) is 14.8. The van der Waals surface area contributed by atoms with E-state index in [1.807, 2.05) is 11.8 Å². The van der Waals surface area contributed by atoms with E-state index in [0.717, 1.165) is 19.6 Å². The van der Waals surface area contributed by atoms with Gasteiger partial charge in [0.05, 0.1) is 6.26 Å². The average Bonchev–Trinajstić information content (AvgIpc) is 3.00. The summed E-state index contributed by atoms with van der Waals surface area (Å²) in [5.74, 6) is -0.182. The number of nitrogens with zero attached hydrogens (tertiary/aromatic N) is 2. The minimum atomic E-state index is -0.563. The smallest absolute Gasteiger partial charge is 0.287 e. The van der Waals surface area contributed by atoms with Crippen molar-refractivity contribution in [3.63, 3.8) is 0 Å². The molecular formula is C18H29N3O3. The molecule has 24 heavy (non-hydrogen) atoms. The molecule has 0 radical (unpaired) electrons. The standard InChI is InChI=1S/C18H29N3O3/c1-3-21(13-12-20-10-6-4-5-7-11-20)18(23)15(2)19-17(22)16-9-8-14-24-16/h8-9,14-15H,3-7,10-13H2,1-2H3,(H,19,22)/t15-/m1/s1. The van der Waals surface area contributed by atoms with Gasteiger partial charge in [-0.15, -0.1) is 0 Å². The molecule has 2 rings (SSSR count). The normalized spacial score (nSPS) is 17.1. The molecule has 1 fully saturated rings. The van der Waals surface area contributed by atoms with Gasteiger partial charge in [0.1, 0.15) is 6.04 Å². The SMILES string of the molecule is CCN(CCN1CCCCCC1)C(=O)[C@@H](C)NC(=O)c1ccco1. The highest BCUT2D eigenvalue weighted by molar-refractivity contribution is 5.95. The summed E-state index contributed by atoms with van der Waals surface area (Å²) in [5.41, 5.74) is 0. The Morgan fingerprint density at radius 2 is 2.00 bits per heavy atom. The van der Waals surface area contributed by atoms with E-state index in [0.29, 0.717) is 13.1 Å². The van der Waals surface area contributed by atoms with Crippen molar-refractivity contribution in [3.8, 4) is 0 Å². The molecule has 1 saturated heterocycles. The lowest BCUT2D eigenvalue weighted by Crippen LogP contribution is -2.48. The number of likely N-dealkylation sites (N-methyl/N-ethyl adjacent to an activating group) is 1. The van der Waals surface area contributed by atoms with E-state index in [2.05, 4.69) is 10.2 Å². The second kappa shape index (κ2) is 9.47. The second-order valence-electron chi connectivity index (χ2n) is 6.35. The number of furan rings is 1. The molecule has 0 aromatic carbocycles. The van der Waals surface area contributed by atoms with Crippen LogP contribution in [0, 0.1) is 0 Å². The van der Waals surface area contributed by atoms with E-state index in [4.69, 9.17) is 4.42 Å². The highest BCUT2D eigenvalue weighted by Crippen LogP contribution is 2.09. The van der Waals surface area contributed by atoms with Gasteiger partial charge in [0.25, 0.3) is 5.91 Å². The molecule has 6 nitrogen and oxygen atoms in total. The molecule has 1 aliphatic heterocycles. The maximum atomic E-state index is 12.6. The zero-order chi connectivity index (χ0) is 17.4. The van der Waals surface area contributed by atoms with Crippen LogP contribution in [0.5, 0.6) is 0 Å². The first-order valence-corrected chi connectivity index (χ1v) is 8.97. The number of carbonyl (C=O) groups excluding carboxylic acids is 2. The lowest BCUT2D eigenvalue weighted by Gasteiger charge is -2.28. The molecule has 0 unspecified atom stereocenters. The number of amides is 2. The molecule has 0 saturated carbocycles.